The molecule has 2 aromatic rings. The van der Waals surface area contributed by atoms with E-state index < -0.39 is 23.8 Å². The summed E-state index contributed by atoms with van der Waals surface area (Å²) in [6, 6.07) is 9.79. The van der Waals surface area contributed by atoms with E-state index in [9.17, 15) is 14.0 Å². The maximum atomic E-state index is 13.6. The smallest absolute Gasteiger partial charge is 0.317 e. The summed E-state index contributed by atoms with van der Waals surface area (Å²) in [4.78, 5) is 25.0. The number of carbonyl (C=O) groups excluding carboxylic acids is 2. The molecule has 0 saturated carbocycles. The highest BCUT2D eigenvalue weighted by Crippen LogP contribution is 2.34. The molecule has 0 fully saturated rings. The van der Waals surface area contributed by atoms with Crippen LogP contribution in [-0.2, 0) is 14.3 Å². The Balaban J connectivity index is 1.48. The number of anilines is 1. The van der Waals surface area contributed by atoms with Gasteiger partial charge in [-0.05, 0) is 49.7 Å². The number of halogens is 1. The summed E-state index contributed by atoms with van der Waals surface area (Å²) < 4.78 is 29.7. The van der Waals surface area contributed by atoms with Gasteiger partial charge in [-0.25, -0.2) is 4.39 Å². The molecule has 1 atom stereocenters. The van der Waals surface area contributed by atoms with Crippen molar-refractivity contribution in [2.24, 2.45) is 0 Å². The topological polar surface area (TPSA) is 73.9 Å². The van der Waals surface area contributed by atoms with Gasteiger partial charge in [0, 0.05) is 10.6 Å². The Bertz CT molecular complexity index is 889. The van der Waals surface area contributed by atoms with Gasteiger partial charge in [-0.15, -0.1) is 11.8 Å². The van der Waals surface area contributed by atoms with Crippen LogP contribution < -0.4 is 14.8 Å². The van der Waals surface area contributed by atoms with E-state index in [0.29, 0.717) is 36.0 Å². The van der Waals surface area contributed by atoms with Crippen molar-refractivity contribution in [1.29, 1.82) is 0 Å². The lowest BCUT2D eigenvalue weighted by molar-refractivity contribution is -0.150. The fraction of sp³-hybridized carbons (Fsp3) is 0.300. The number of nitrogens with one attached hydrogen (secondary N) is 1. The van der Waals surface area contributed by atoms with E-state index in [-0.39, 0.29) is 5.75 Å². The zero-order valence-electron chi connectivity index (χ0n) is 15.5. The molecule has 1 aliphatic heterocycles. The maximum absolute atomic E-state index is 13.6. The Morgan fingerprint density at radius 2 is 1.93 bits per heavy atom. The molecule has 0 radical (unpaired) electrons. The first-order valence-electron chi connectivity index (χ1n) is 8.71. The Morgan fingerprint density at radius 3 is 2.68 bits per heavy atom. The predicted octanol–water partition coefficient (Wildman–Crippen LogP) is 3.57. The van der Waals surface area contributed by atoms with Crippen LogP contribution in [0.15, 0.2) is 41.3 Å². The van der Waals surface area contributed by atoms with E-state index in [1.54, 1.807) is 31.2 Å². The van der Waals surface area contributed by atoms with Crippen LogP contribution >= 0.6 is 11.8 Å². The van der Waals surface area contributed by atoms with Gasteiger partial charge in [0.15, 0.2) is 17.6 Å². The van der Waals surface area contributed by atoms with Crippen molar-refractivity contribution in [3.8, 4) is 11.5 Å². The van der Waals surface area contributed by atoms with Gasteiger partial charge in [-0.2, -0.15) is 0 Å². The minimum absolute atomic E-state index is 0.0381. The molecular weight excluding hydrogens is 385 g/mol. The standard InChI is InChI=1S/C20H20FNO5S/c1-12-3-4-14(9-16(12)21)22-20(24)13(2)27-19(23)11-28-15-5-6-17-18(10-15)26-8-7-25-17/h3-6,9-10,13H,7-8,11H2,1-2H3,(H,22,24)/t13-/m1/s1. The molecule has 0 bridgehead atoms. The monoisotopic (exact) mass is 405 g/mol. The van der Waals surface area contributed by atoms with Gasteiger partial charge < -0.3 is 19.5 Å². The largest absolute Gasteiger partial charge is 0.486 e. The second kappa shape index (κ2) is 8.97. The van der Waals surface area contributed by atoms with Crippen molar-refractivity contribution < 1.29 is 28.2 Å². The Kier molecular flexibility index (Phi) is 6.41. The number of hydrogen-bond donors (Lipinski definition) is 1. The van der Waals surface area contributed by atoms with Crippen molar-refractivity contribution in [1.82, 2.24) is 0 Å². The average Bonchev–Trinajstić information content (AvgIpc) is 2.69. The number of aryl methyl sites for hydroxylation is 1. The van der Waals surface area contributed by atoms with E-state index in [2.05, 4.69) is 5.32 Å². The molecule has 1 aliphatic rings. The highest BCUT2D eigenvalue weighted by Gasteiger charge is 2.19. The van der Waals surface area contributed by atoms with Gasteiger partial charge in [0.2, 0.25) is 0 Å². The second-order valence-electron chi connectivity index (χ2n) is 6.18. The molecule has 2 aromatic carbocycles. The number of amides is 1. The molecule has 28 heavy (non-hydrogen) atoms. The summed E-state index contributed by atoms with van der Waals surface area (Å²) in [6.45, 7) is 4.10. The van der Waals surface area contributed by atoms with Gasteiger partial charge in [-0.3, -0.25) is 9.59 Å². The number of ether oxygens (including phenoxy) is 3. The molecule has 6 nitrogen and oxygen atoms in total. The van der Waals surface area contributed by atoms with Crippen LogP contribution in [-0.4, -0.2) is 36.9 Å². The molecular formula is C20H20FNO5S. The SMILES string of the molecule is Cc1ccc(NC(=O)[C@@H](C)OC(=O)CSc2ccc3c(c2)OCCO3)cc1F. The molecule has 0 saturated heterocycles. The first kappa shape index (κ1) is 20.0. The summed E-state index contributed by atoms with van der Waals surface area (Å²) >= 11 is 1.27. The lowest BCUT2D eigenvalue weighted by atomic mass is 10.2. The molecule has 3 rings (SSSR count). The van der Waals surface area contributed by atoms with E-state index in [4.69, 9.17) is 14.2 Å². The highest BCUT2D eigenvalue weighted by atomic mass is 32.2. The third-order valence-electron chi connectivity index (χ3n) is 3.99. The number of fused-ring (bicyclic) bond motifs is 1. The zero-order valence-corrected chi connectivity index (χ0v) is 16.3. The van der Waals surface area contributed by atoms with Crippen LogP contribution in [0.1, 0.15) is 12.5 Å². The van der Waals surface area contributed by atoms with E-state index in [1.807, 2.05) is 6.07 Å². The van der Waals surface area contributed by atoms with Gasteiger partial charge in [0.1, 0.15) is 19.0 Å². The number of carbonyl (C=O) groups is 2. The van der Waals surface area contributed by atoms with Crippen LogP contribution in [0.4, 0.5) is 10.1 Å². The Morgan fingerprint density at radius 1 is 1.18 bits per heavy atom. The van der Waals surface area contributed by atoms with Crippen molar-refractivity contribution in [2.75, 3.05) is 24.3 Å². The first-order chi connectivity index (χ1) is 13.4. The number of thioether (sulfide) groups is 1. The van der Waals surface area contributed by atoms with Crippen LogP contribution in [0.2, 0.25) is 0 Å². The molecule has 1 heterocycles. The van der Waals surface area contributed by atoms with E-state index in [0.717, 1.165) is 4.90 Å². The fourth-order valence-electron chi connectivity index (χ4n) is 2.45. The Labute approximate surface area is 166 Å². The number of benzene rings is 2. The van der Waals surface area contributed by atoms with Crippen molar-refractivity contribution in [3.05, 3.63) is 47.8 Å². The summed E-state index contributed by atoms with van der Waals surface area (Å²) in [5.74, 6) is -0.119. The van der Waals surface area contributed by atoms with Gasteiger partial charge >= 0.3 is 5.97 Å². The molecule has 1 N–H and O–H groups in total. The minimum atomic E-state index is -1.00. The number of esters is 1. The number of hydrogen-bond acceptors (Lipinski definition) is 6. The summed E-state index contributed by atoms with van der Waals surface area (Å²) in [5, 5.41) is 2.53. The molecule has 8 heteroatoms. The summed E-state index contributed by atoms with van der Waals surface area (Å²) in [7, 11) is 0. The molecule has 0 aliphatic carbocycles. The molecule has 0 aromatic heterocycles. The summed E-state index contributed by atoms with van der Waals surface area (Å²) in [6.07, 6.45) is -1.00. The van der Waals surface area contributed by atoms with Gasteiger partial charge in [0.25, 0.3) is 5.91 Å². The molecule has 148 valence electrons. The van der Waals surface area contributed by atoms with Crippen molar-refractivity contribution in [3.63, 3.8) is 0 Å². The van der Waals surface area contributed by atoms with Crippen LogP contribution in [0.25, 0.3) is 0 Å². The first-order valence-corrected chi connectivity index (χ1v) is 9.70. The fourth-order valence-corrected chi connectivity index (χ4v) is 3.16. The molecule has 1 amide bonds. The average molecular weight is 405 g/mol. The summed E-state index contributed by atoms with van der Waals surface area (Å²) in [5.41, 5.74) is 0.787. The third kappa shape index (κ3) is 5.16. The van der Waals surface area contributed by atoms with Crippen molar-refractivity contribution in [2.45, 2.75) is 24.8 Å². The second-order valence-corrected chi connectivity index (χ2v) is 7.23. The quantitative estimate of drug-likeness (QED) is 0.585. The highest BCUT2D eigenvalue weighted by molar-refractivity contribution is 8.00. The predicted molar refractivity (Wildman–Crippen MR) is 103 cm³/mol. The maximum Gasteiger partial charge on any atom is 0.317 e. The van der Waals surface area contributed by atoms with Crippen molar-refractivity contribution >= 4 is 29.3 Å². The Hall–Kier alpha value is -2.74. The number of rotatable bonds is 6. The van der Waals surface area contributed by atoms with Gasteiger partial charge in [-0.1, -0.05) is 6.07 Å². The lowest BCUT2D eigenvalue weighted by Crippen LogP contribution is -2.30. The molecule has 0 unspecified atom stereocenters. The lowest BCUT2D eigenvalue weighted by Gasteiger charge is -2.18. The van der Waals surface area contributed by atoms with Gasteiger partial charge in [0.05, 0.1) is 5.75 Å². The van der Waals surface area contributed by atoms with Crippen LogP contribution in [0, 0.1) is 12.7 Å². The third-order valence-corrected chi connectivity index (χ3v) is 4.95. The van der Waals surface area contributed by atoms with E-state index >= 15 is 0 Å². The zero-order chi connectivity index (χ0) is 20.1. The van der Waals surface area contributed by atoms with Crippen LogP contribution in [0.3, 0.4) is 0 Å². The van der Waals surface area contributed by atoms with Crippen LogP contribution in [0.5, 0.6) is 11.5 Å². The normalized spacial score (nSPS) is 13.5. The van der Waals surface area contributed by atoms with E-state index in [1.165, 1.54) is 24.8 Å². The minimum Gasteiger partial charge on any atom is -0.486 e. The molecule has 0 spiro atoms.